The zero-order valence-electron chi connectivity index (χ0n) is 21.8. The van der Waals surface area contributed by atoms with E-state index in [1.807, 2.05) is 48.5 Å². The Hall–Kier alpha value is -3.78. The molecule has 0 bridgehead atoms. The molecule has 0 aliphatic carbocycles. The highest BCUT2D eigenvalue weighted by atomic mass is 32.1. The summed E-state index contributed by atoms with van der Waals surface area (Å²) in [5.74, 6) is -0.743. The van der Waals surface area contributed by atoms with Gasteiger partial charge in [0.15, 0.2) is 4.80 Å². The summed E-state index contributed by atoms with van der Waals surface area (Å²) in [6, 6.07) is 14.7. The first-order chi connectivity index (χ1) is 17.5. The molecule has 0 saturated carbocycles. The van der Waals surface area contributed by atoms with Gasteiger partial charge in [-0.1, -0.05) is 74.6 Å². The highest BCUT2D eigenvalue weighted by Crippen LogP contribution is 2.35. The molecule has 1 aromatic heterocycles. The third-order valence-electron chi connectivity index (χ3n) is 6.87. The number of carbonyl (C=O) groups excluding carboxylic acids is 2. The molecule has 1 amide bonds. The van der Waals surface area contributed by atoms with Crippen molar-refractivity contribution in [1.82, 2.24) is 4.57 Å². The molecule has 37 heavy (non-hydrogen) atoms. The smallest absolute Gasteiger partial charge is 0.338 e. The number of allylic oxidation sites excluding steroid dienone is 1. The number of hydrogen-bond donors (Lipinski definition) is 0. The molecule has 3 heterocycles. The van der Waals surface area contributed by atoms with Gasteiger partial charge in [-0.25, -0.2) is 9.79 Å². The largest absolute Gasteiger partial charge is 0.463 e. The van der Waals surface area contributed by atoms with Crippen molar-refractivity contribution < 1.29 is 14.3 Å². The summed E-state index contributed by atoms with van der Waals surface area (Å²) < 4.78 is 7.23. The van der Waals surface area contributed by atoms with Gasteiger partial charge in [-0.05, 0) is 36.5 Å². The van der Waals surface area contributed by atoms with E-state index in [1.54, 1.807) is 25.8 Å². The van der Waals surface area contributed by atoms with Gasteiger partial charge < -0.3 is 9.64 Å². The summed E-state index contributed by atoms with van der Waals surface area (Å²) in [6.07, 6.45) is 0. The van der Waals surface area contributed by atoms with Crippen LogP contribution in [0.15, 0.2) is 69.6 Å². The fourth-order valence-electron chi connectivity index (χ4n) is 4.91. The van der Waals surface area contributed by atoms with Crippen LogP contribution in [-0.4, -0.2) is 30.1 Å². The van der Waals surface area contributed by atoms with Crippen LogP contribution >= 0.6 is 11.3 Å². The second-order valence-electron chi connectivity index (χ2n) is 10.3. The van der Waals surface area contributed by atoms with Crippen LogP contribution in [0.4, 0.5) is 5.69 Å². The Morgan fingerprint density at radius 3 is 2.41 bits per heavy atom. The lowest BCUT2D eigenvalue weighted by Gasteiger charge is -2.26. The number of carbonyl (C=O) groups is 2. The van der Waals surface area contributed by atoms with Crippen molar-refractivity contribution in [2.75, 3.05) is 18.6 Å². The summed E-state index contributed by atoms with van der Waals surface area (Å²) in [6.45, 7) is 10.1. The van der Waals surface area contributed by atoms with E-state index in [9.17, 15) is 14.4 Å². The average molecular weight is 516 g/mol. The van der Waals surface area contributed by atoms with Gasteiger partial charge in [0.2, 0.25) is 0 Å². The molecular formula is C29H29N3O4S. The Labute approximate surface area is 219 Å². The maximum Gasteiger partial charge on any atom is 0.338 e. The molecule has 8 heteroatoms. The van der Waals surface area contributed by atoms with Crippen molar-refractivity contribution in [2.45, 2.75) is 46.1 Å². The number of fused-ring (bicyclic) bond motifs is 2. The number of anilines is 1. The molecule has 5 rings (SSSR count). The minimum absolute atomic E-state index is 0.0490. The van der Waals surface area contributed by atoms with Gasteiger partial charge >= 0.3 is 5.97 Å². The number of para-hydroxylation sites is 1. The Kier molecular flexibility index (Phi) is 6.02. The number of likely N-dealkylation sites (N-methyl/N-ethyl adjacent to an activating group) is 1. The van der Waals surface area contributed by atoms with Crippen LogP contribution in [-0.2, 0) is 19.7 Å². The van der Waals surface area contributed by atoms with Gasteiger partial charge in [0, 0.05) is 12.6 Å². The number of esters is 1. The van der Waals surface area contributed by atoms with E-state index < -0.39 is 12.0 Å². The quantitative estimate of drug-likeness (QED) is 0.501. The fourth-order valence-corrected chi connectivity index (χ4v) is 6.05. The monoisotopic (exact) mass is 515 g/mol. The van der Waals surface area contributed by atoms with E-state index in [0.717, 1.165) is 16.8 Å². The van der Waals surface area contributed by atoms with Crippen LogP contribution in [0.2, 0.25) is 0 Å². The Balaban J connectivity index is 1.80. The number of rotatable bonds is 3. The first kappa shape index (κ1) is 24.9. The lowest BCUT2D eigenvalue weighted by molar-refractivity contribution is -0.139. The zero-order valence-corrected chi connectivity index (χ0v) is 22.6. The van der Waals surface area contributed by atoms with E-state index in [2.05, 4.69) is 25.8 Å². The van der Waals surface area contributed by atoms with Crippen molar-refractivity contribution >= 4 is 34.5 Å². The van der Waals surface area contributed by atoms with E-state index in [4.69, 9.17) is 4.74 Å². The number of hydrogen-bond acceptors (Lipinski definition) is 6. The lowest BCUT2D eigenvalue weighted by Crippen LogP contribution is -2.40. The molecule has 1 atom stereocenters. The fraction of sp³-hybridized carbons (Fsp3) is 0.310. The second-order valence-corrected chi connectivity index (χ2v) is 11.2. The molecule has 2 aromatic carbocycles. The second kappa shape index (κ2) is 8.95. The van der Waals surface area contributed by atoms with Crippen molar-refractivity contribution in [3.63, 3.8) is 0 Å². The van der Waals surface area contributed by atoms with Crippen LogP contribution in [0, 0.1) is 0 Å². The molecule has 0 saturated heterocycles. The van der Waals surface area contributed by atoms with E-state index >= 15 is 0 Å². The Morgan fingerprint density at radius 1 is 1.08 bits per heavy atom. The predicted molar refractivity (Wildman–Crippen MR) is 144 cm³/mol. The van der Waals surface area contributed by atoms with Crippen LogP contribution in [0.5, 0.6) is 0 Å². The standard InChI is InChI=1S/C29H29N3O4S/c1-7-36-27(35)21-16(2)30-28-32(23(21)17-12-14-18(15-13-17)29(3,4)5)26(34)24(37-28)22-19-10-8-9-11-20(19)31(6)25(22)33/h8-15,23H,7H2,1-6H3. The van der Waals surface area contributed by atoms with Gasteiger partial charge in [-0.3, -0.25) is 14.2 Å². The van der Waals surface area contributed by atoms with Crippen molar-refractivity contribution in [1.29, 1.82) is 0 Å². The highest BCUT2D eigenvalue weighted by Gasteiger charge is 2.36. The molecule has 190 valence electrons. The molecular weight excluding hydrogens is 486 g/mol. The third-order valence-corrected chi connectivity index (χ3v) is 7.92. The molecule has 0 N–H and O–H groups in total. The molecule has 0 fully saturated rings. The van der Waals surface area contributed by atoms with Gasteiger partial charge in [-0.2, -0.15) is 0 Å². The van der Waals surface area contributed by atoms with Crippen LogP contribution in [0.3, 0.4) is 0 Å². The normalized spacial score (nSPS) is 18.5. The van der Waals surface area contributed by atoms with Crippen molar-refractivity contribution in [3.05, 3.63) is 96.2 Å². The number of ether oxygens (including phenoxy) is 1. The third kappa shape index (κ3) is 3.96. The van der Waals surface area contributed by atoms with Crippen LogP contribution < -0.4 is 19.8 Å². The SMILES string of the molecule is CCOC(=O)C1=C(C)N=c2sc(=C3C(=O)N(C)c4ccccc43)c(=O)n2C1c1ccc(C(C)(C)C)cc1. The van der Waals surface area contributed by atoms with Gasteiger partial charge in [0.1, 0.15) is 4.53 Å². The zero-order chi connectivity index (χ0) is 26.6. The molecule has 0 radical (unpaired) electrons. The molecule has 7 nitrogen and oxygen atoms in total. The van der Waals surface area contributed by atoms with Crippen LogP contribution in [0.25, 0.3) is 5.57 Å². The number of thiazole rings is 1. The minimum atomic E-state index is -0.719. The average Bonchev–Trinajstić information content (AvgIpc) is 3.30. The molecule has 2 aliphatic rings. The summed E-state index contributed by atoms with van der Waals surface area (Å²) in [4.78, 5) is 47.1. The van der Waals surface area contributed by atoms with E-state index in [0.29, 0.717) is 31.7 Å². The maximum absolute atomic E-state index is 14.1. The highest BCUT2D eigenvalue weighted by molar-refractivity contribution is 7.07. The van der Waals surface area contributed by atoms with Crippen LogP contribution in [0.1, 0.15) is 57.4 Å². The lowest BCUT2D eigenvalue weighted by atomic mass is 9.85. The van der Waals surface area contributed by atoms with Gasteiger partial charge in [-0.15, -0.1) is 0 Å². The first-order valence-electron chi connectivity index (χ1n) is 12.2. The number of aromatic nitrogens is 1. The first-order valence-corrected chi connectivity index (χ1v) is 13.1. The minimum Gasteiger partial charge on any atom is -0.463 e. The molecule has 1 unspecified atom stereocenters. The van der Waals surface area contributed by atoms with Gasteiger partial charge in [0.25, 0.3) is 11.5 Å². The number of nitrogens with zero attached hydrogens (tertiary/aromatic N) is 3. The van der Waals surface area contributed by atoms with E-state index in [-0.39, 0.29) is 23.5 Å². The van der Waals surface area contributed by atoms with Crippen molar-refractivity contribution in [2.24, 2.45) is 4.99 Å². The molecule has 0 spiro atoms. The summed E-state index contributed by atoms with van der Waals surface area (Å²) in [5, 5.41) is 0. The molecule has 2 aliphatic heterocycles. The summed E-state index contributed by atoms with van der Waals surface area (Å²) in [7, 11) is 1.70. The molecule has 3 aromatic rings. The van der Waals surface area contributed by atoms with E-state index in [1.165, 1.54) is 15.9 Å². The summed E-state index contributed by atoms with van der Waals surface area (Å²) in [5.41, 5.74) is 4.17. The topological polar surface area (TPSA) is 81.0 Å². The van der Waals surface area contributed by atoms with Gasteiger partial charge in [0.05, 0.1) is 35.2 Å². The predicted octanol–water partition coefficient (Wildman–Crippen LogP) is 3.44. The maximum atomic E-state index is 14.1. The Morgan fingerprint density at radius 2 is 1.76 bits per heavy atom. The Bertz CT molecular complexity index is 1650. The number of amides is 1. The van der Waals surface area contributed by atoms with Crippen molar-refractivity contribution in [3.8, 4) is 0 Å². The summed E-state index contributed by atoms with van der Waals surface area (Å²) >= 11 is 1.18. The number of benzene rings is 2.